The fourth-order valence-corrected chi connectivity index (χ4v) is 1.85. The summed E-state index contributed by atoms with van der Waals surface area (Å²) in [5.41, 5.74) is 8.26. The van der Waals surface area contributed by atoms with Crippen molar-refractivity contribution in [1.82, 2.24) is 9.78 Å². The van der Waals surface area contributed by atoms with Crippen LogP contribution in [0.25, 0.3) is 0 Å². The van der Waals surface area contributed by atoms with Gasteiger partial charge >= 0.3 is 0 Å². The van der Waals surface area contributed by atoms with E-state index in [1.54, 1.807) is 36.1 Å². The van der Waals surface area contributed by atoms with E-state index in [1.807, 2.05) is 6.92 Å². The highest BCUT2D eigenvalue weighted by atomic mass is 79.9. The normalized spacial score (nSPS) is 10.4. The molecule has 0 aliphatic carbocycles. The van der Waals surface area contributed by atoms with Crippen LogP contribution in [0.1, 0.15) is 16.1 Å². The van der Waals surface area contributed by atoms with Crippen LogP contribution in [0.2, 0.25) is 0 Å². The molecule has 0 atom stereocenters. The zero-order chi connectivity index (χ0) is 13.3. The third-order valence-corrected chi connectivity index (χ3v) is 3.24. The molecular formula is C12H13BrN4O. The summed E-state index contributed by atoms with van der Waals surface area (Å²) in [6.45, 7) is 1.84. The molecule has 6 heteroatoms. The molecular weight excluding hydrogens is 296 g/mol. The van der Waals surface area contributed by atoms with E-state index >= 15 is 0 Å². The summed E-state index contributed by atoms with van der Waals surface area (Å²) in [7, 11) is 1.81. The summed E-state index contributed by atoms with van der Waals surface area (Å²) in [6, 6.07) is 5.09. The third-order valence-electron chi connectivity index (χ3n) is 2.52. The Labute approximate surface area is 113 Å². The van der Waals surface area contributed by atoms with Crippen LogP contribution in [0.3, 0.4) is 0 Å². The number of amides is 1. The monoisotopic (exact) mass is 308 g/mol. The van der Waals surface area contributed by atoms with Gasteiger partial charge in [-0.15, -0.1) is 0 Å². The highest BCUT2D eigenvalue weighted by Gasteiger charge is 2.10. The number of aromatic nitrogens is 2. The molecule has 0 aliphatic rings. The Hall–Kier alpha value is -1.82. The number of carbonyl (C=O) groups is 1. The van der Waals surface area contributed by atoms with Gasteiger partial charge in [-0.2, -0.15) is 5.10 Å². The van der Waals surface area contributed by atoms with Crippen LogP contribution in [0.4, 0.5) is 11.4 Å². The zero-order valence-electron chi connectivity index (χ0n) is 10.1. The maximum Gasteiger partial charge on any atom is 0.255 e. The average molecular weight is 309 g/mol. The molecule has 94 valence electrons. The summed E-state index contributed by atoms with van der Waals surface area (Å²) in [6.07, 6.45) is 1.76. The van der Waals surface area contributed by atoms with Crippen molar-refractivity contribution in [3.63, 3.8) is 0 Å². The predicted octanol–water partition coefficient (Wildman–Crippen LogP) is 2.33. The quantitative estimate of drug-likeness (QED) is 0.836. The highest BCUT2D eigenvalue weighted by molar-refractivity contribution is 9.10. The summed E-state index contributed by atoms with van der Waals surface area (Å²) in [4.78, 5) is 12.0. The largest absolute Gasteiger partial charge is 0.398 e. The van der Waals surface area contributed by atoms with Gasteiger partial charge in [0.25, 0.3) is 5.91 Å². The smallest absolute Gasteiger partial charge is 0.255 e. The fourth-order valence-electron chi connectivity index (χ4n) is 1.60. The lowest BCUT2D eigenvalue weighted by Crippen LogP contribution is -2.12. The lowest BCUT2D eigenvalue weighted by Gasteiger charge is -2.05. The van der Waals surface area contributed by atoms with E-state index in [0.717, 1.165) is 10.2 Å². The molecule has 0 aliphatic heterocycles. The number of benzene rings is 1. The summed E-state index contributed by atoms with van der Waals surface area (Å²) in [5, 5.41) is 6.96. The van der Waals surface area contributed by atoms with E-state index in [4.69, 9.17) is 5.73 Å². The number of anilines is 2. The van der Waals surface area contributed by atoms with Gasteiger partial charge in [-0.1, -0.05) is 0 Å². The zero-order valence-corrected chi connectivity index (χ0v) is 11.7. The minimum atomic E-state index is -0.203. The maximum atomic E-state index is 12.0. The van der Waals surface area contributed by atoms with Crippen molar-refractivity contribution in [3.05, 3.63) is 40.1 Å². The van der Waals surface area contributed by atoms with Crippen molar-refractivity contribution >= 4 is 33.2 Å². The van der Waals surface area contributed by atoms with Crippen LogP contribution >= 0.6 is 15.9 Å². The predicted molar refractivity (Wildman–Crippen MR) is 74.5 cm³/mol. The van der Waals surface area contributed by atoms with Crippen LogP contribution in [0.15, 0.2) is 28.9 Å². The van der Waals surface area contributed by atoms with Crippen molar-refractivity contribution in [3.8, 4) is 0 Å². The second-order valence-corrected chi connectivity index (χ2v) is 4.85. The van der Waals surface area contributed by atoms with Gasteiger partial charge in [-0.05, 0) is 41.1 Å². The molecule has 5 nitrogen and oxygen atoms in total. The first-order chi connectivity index (χ1) is 8.47. The molecule has 2 rings (SSSR count). The van der Waals surface area contributed by atoms with Crippen molar-refractivity contribution in [1.29, 1.82) is 0 Å². The molecule has 0 bridgehead atoms. The molecule has 3 N–H and O–H groups in total. The van der Waals surface area contributed by atoms with Gasteiger partial charge in [0.15, 0.2) is 0 Å². The van der Waals surface area contributed by atoms with Crippen LogP contribution in [-0.4, -0.2) is 15.7 Å². The minimum absolute atomic E-state index is 0.203. The fraction of sp³-hybridized carbons (Fsp3) is 0.167. The van der Waals surface area contributed by atoms with E-state index in [-0.39, 0.29) is 5.91 Å². The molecule has 0 saturated carbocycles. The molecule has 18 heavy (non-hydrogen) atoms. The van der Waals surface area contributed by atoms with Gasteiger partial charge in [0.05, 0.1) is 11.4 Å². The SMILES string of the molecule is Cc1nn(C)cc1NC(=O)c1ccc(Br)c(N)c1. The third kappa shape index (κ3) is 2.53. The summed E-state index contributed by atoms with van der Waals surface area (Å²) >= 11 is 3.29. The van der Waals surface area contributed by atoms with Crippen LogP contribution in [0, 0.1) is 6.92 Å². The van der Waals surface area contributed by atoms with Crippen molar-refractivity contribution < 1.29 is 4.79 Å². The van der Waals surface area contributed by atoms with Gasteiger partial charge in [0.2, 0.25) is 0 Å². The first-order valence-corrected chi connectivity index (χ1v) is 6.13. The summed E-state index contributed by atoms with van der Waals surface area (Å²) < 4.78 is 2.43. The molecule has 0 saturated heterocycles. The molecule has 0 fully saturated rings. The van der Waals surface area contributed by atoms with E-state index in [0.29, 0.717) is 16.9 Å². The molecule has 0 unspecified atom stereocenters. The Morgan fingerprint density at radius 1 is 1.50 bits per heavy atom. The number of hydrogen-bond donors (Lipinski definition) is 2. The molecule has 1 heterocycles. The lowest BCUT2D eigenvalue weighted by atomic mass is 10.2. The average Bonchev–Trinajstić information content (AvgIpc) is 2.61. The van der Waals surface area contributed by atoms with E-state index in [2.05, 4.69) is 26.3 Å². The van der Waals surface area contributed by atoms with Crippen molar-refractivity contribution in [2.75, 3.05) is 11.1 Å². The number of hydrogen-bond acceptors (Lipinski definition) is 3. The van der Waals surface area contributed by atoms with Gasteiger partial charge in [-0.3, -0.25) is 9.48 Å². The first kappa shape index (κ1) is 12.6. The Morgan fingerprint density at radius 2 is 2.22 bits per heavy atom. The molecule has 0 spiro atoms. The van der Waals surface area contributed by atoms with Gasteiger partial charge in [0.1, 0.15) is 0 Å². The molecule has 1 aromatic heterocycles. The number of carbonyl (C=O) groups excluding carboxylic acids is 1. The van der Waals surface area contributed by atoms with Gasteiger partial charge in [-0.25, -0.2) is 0 Å². The second-order valence-electron chi connectivity index (χ2n) is 3.99. The number of nitrogens with zero attached hydrogens (tertiary/aromatic N) is 2. The molecule has 0 radical (unpaired) electrons. The Bertz CT molecular complexity index is 606. The van der Waals surface area contributed by atoms with E-state index in [9.17, 15) is 4.79 Å². The minimum Gasteiger partial charge on any atom is -0.398 e. The lowest BCUT2D eigenvalue weighted by molar-refractivity contribution is 0.102. The molecule has 1 aromatic carbocycles. The maximum absolute atomic E-state index is 12.0. The van der Waals surface area contributed by atoms with Gasteiger partial charge < -0.3 is 11.1 Å². The van der Waals surface area contributed by atoms with Crippen molar-refractivity contribution in [2.24, 2.45) is 7.05 Å². The number of rotatable bonds is 2. The Balaban J connectivity index is 2.22. The van der Waals surface area contributed by atoms with E-state index in [1.165, 1.54) is 0 Å². The number of nitrogens with one attached hydrogen (secondary N) is 1. The van der Waals surface area contributed by atoms with E-state index < -0.39 is 0 Å². The van der Waals surface area contributed by atoms with Crippen LogP contribution in [-0.2, 0) is 7.05 Å². The molecule has 1 amide bonds. The number of nitrogens with two attached hydrogens (primary N) is 1. The highest BCUT2D eigenvalue weighted by Crippen LogP contribution is 2.21. The standard InChI is InChI=1S/C12H13BrN4O/c1-7-11(6-17(2)16-7)15-12(18)8-3-4-9(13)10(14)5-8/h3-6H,14H2,1-2H3,(H,15,18). The van der Waals surface area contributed by atoms with Gasteiger partial charge in [0, 0.05) is 29.0 Å². The number of aryl methyl sites for hydroxylation is 2. The number of nitrogen functional groups attached to an aromatic ring is 1. The Morgan fingerprint density at radius 3 is 2.78 bits per heavy atom. The molecule has 2 aromatic rings. The number of halogens is 1. The van der Waals surface area contributed by atoms with Crippen LogP contribution in [0.5, 0.6) is 0 Å². The second kappa shape index (κ2) is 4.81. The van der Waals surface area contributed by atoms with Crippen LogP contribution < -0.4 is 11.1 Å². The topological polar surface area (TPSA) is 72.9 Å². The Kier molecular flexibility index (Phi) is 3.38. The first-order valence-electron chi connectivity index (χ1n) is 5.34. The summed E-state index contributed by atoms with van der Waals surface area (Å²) in [5.74, 6) is -0.203. The van der Waals surface area contributed by atoms with Crippen molar-refractivity contribution in [2.45, 2.75) is 6.92 Å².